The molecule has 0 unspecified atom stereocenters. The van der Waals surface area contributed by atoms with Crippen molar-refractivity contribution in [1.29, 1.82) is 0 Å². The van der Waals surface area contributed by atoms with Crippen molar-refractivity contribution in [3.05, 3.63) is 0 Å². The Morgan fingerprint density at radius 1 is 0.516 bits per heavy atom. The van der Waals surface area contributed by atoms with Crippen LogP contribution in [0.4, 0.5) is 0 Å². The Kier molecular flexibility index (Phi) is 25.0. The molecule has 0 bridgehead atoms. The normalized spacial score (nSPS) is 12.0. The topological polar surface area (TPSA) is 79.4 Å². The van der Waals surface area contributed by atoms with Gasteiger partial charge in [-0.2, -0.15) is 0 Å². The summed E-state index contributed by atoms with van der Waals surface area (Å²) < 4.78 is 33.3. The minimum atomic E-state index is -2.40. The van der Waals surface area contributed by atoms with Crippen LogP contribution >= 0.6 is 0 Å². The minimum Gasteiger partial charge on any atom is -0.377 e. The molecule has 0 atom stereocenters. The molecule has 0 aliphatic carbocycles. The van der Waals surface area contributed by atoms with Gasteiger partial charge >= 0.3 is 17.6 Å². The fourth-order valence-electron chi connectivity index (χ4n) is 3.02. The van der Waals surface area contributed by atoms with Crippen LogP contribution in [0.3, 0.4) is 0 Å². The summed E-state index contributed by atoms with van der Waals surface area (Å²) in [5.74, 6) is 0. The van der Waals surface area contributed by atoms with E-state index < -0.39 is 17.6 Å². The van der Waals surface area contributed by atoms with Gasteiger partial charge in [0.05, 0.1) is 0 Å². The van der Waals surface area contributed by atoms with Gasteiger partial charge in [-0.3, -0.25) is 0 Å². The van der Waals surface area contributed by atoms with E-state index in [9.17, 15) is 0 Å². The Morgan fingerprint density at radius 2 is 0.871 bits per heavy atom. The maximum absolute atomic E-state index is 5.78. The zero-order valence-electron chi connectivity index (χ0n) is 21.6. The van der Waals surface area contributed by atoms with Crippen LogP contribution in [0.1, 0.15) is 60.3 Å². The lowest BCUT2D eigenvalue weighted by molar-refractivity contribution is 0.0708. The lowest BCUT2D eigenvalue weighted by Crippen LogP contribution is -2.46. The van der Waals surface area contributed by atoms with E-state index in [1.807, 2.05) is 20.8 Å². The highest BCUT2D eigenvalue weighted by Gasteiger charge is 2.39. The molecule has 0 aliphatic heterocycles. The molecule has 0 aliphatic rings. The van der Waals surface area contributed by atoms with Gasteiger partial charge in [0.2, 0.25) is 0 Å². The van der Waals surface area contributed by atoms with E-state index in [-0.39, 0.29) is 0 Å². The maximum atomic E-state index is 5.78. The molecule has 0 rings (SSSR count). The second-order valence-corrected chi connectivity index (χ2v) is 12.8. The molecule has 0 aromatic heterocycles. The zero-order valence-corrected chi connectivity index (χ0v) is 23.6. The van der Waals surface area contributed by atoms with Gasteiger partial charge in [0.25, 0.3) is 0 Å². The first kappa shape index (κ1) is 33.3. The van der Waals surface area contributed by atoms with Crippen molar-refractivity contribution < 1.29 is 26.6 Å². The highest BCUT2D eigenvalue weighted by molar-refractivity contribution is 6.61. The molecule has 0 aromatic carbocycles. The summed E-state index contributed by atoms with van der Waals surface area (Å²) in [6, 6.07) is 1.77. The van der Waals surface area contributed by atoms with Crippen molar-refractivity contribution in [3.8, 4) is 0 Å². The fourth-order valence-corrected chi connectivity index (χ4v) is 7.36. The van der Waals surface area contributed by atoms with Crippen LogP contribution in [0.15, 0.2) is 0 Å². The van der Waals surface area contributed by atoms with E-state index in [1.165, 1.54) is 12.8 Å². The summed E-state index contributed by atoms with van der Waals surface area (Å²) >= 11 is 0. The second-order valence-electron chi connectivity index (χ2n) is 6.98. The SMILES string of the molecule is CCCNCCC[Si](OC)(OC)OC.CCCNCCC[Si](OCC)(OCC)OCC. The average molecular weight is 485 g/mol. The molecule has 31 heavy (non-hydrogen) atoms. The van der Waals surface area contributed by atoms with Gasteiger partial charge < -0.3 is 37.2 Å². The summed E-state index contributed by atoms with van der Waals surface area (Å²) in [6.07, 6.45) is 4.42. The Bertz CT molecular complexity index is 341. The van der Waals surface area contributed by atoms with Crippen LogP contribution in [0.5, 0.6) is 0 Å². The predicted molar refractivity (Wildman–Crippen MR) is 133 cm³/mol. The molecule has 0 saturated carbocycles. The molecule has 0 amide bonds. The molecule has 0 saturated heterocycles. The number of rotatable bonds is 21. The number of hydrogen-bond acceptors (Lipinski definition) is 8. The summed E-state index contributed by atoms with van der Waals surface area (Å²) in [4.78, 5) is 0. The van der Waals surface area contributed by atoms with E-state index in [0.29, 0.717) is 19.8 Å². The predicted octanol–water partition coefficient (Wildman–Crippen LogP) is 3.68. The third-order valence-electron chi connectivity index (χ3n) is 4.55. The summed E-state index contributed by atoms with van der Waals surface area (Å²) in [7, 11) is 0.241. The molecule has 190 valence electrons. The van der Waals surface area contributed by atoms with Crippen molar-refractivity contribution in [3.63, 3.8) is 0 Å². The van der Waals surface area contributed by atoms with Crippen LogP contribution in [-0.2, 0) is 26.6 Å². The highest BCUT2D eigenvalue weighted by atomic mass is 28.4. The highest BCUT2D eigenvalue weighted by Crippen LogP contribution is 2.17. The Balaban J connectivity index is 0. The number of nitrogens with one attached hydrogen (secondary N) is 2. The standard InChI is InChI=1S/C12H29NO3Si.C9H23NO3Si/c1-5-10-13-11-9-12-17(14-6-2,15-7-3)16-8-4;1-5-7-10-8-6-9-14(11-2,12-3)13-4/h13H,5-12H2,1-4H3;10H,5-9H2,1-4H3. The van der Waals surface area contributed by atoms with Crippen LogP contribution in [0.2, 0.25) is 12.1 Å². The van der Waals surface area contributed by atoms with E-state index in [2.05, 4.69) is 24.5 Å². The molecular formula is C21H52N2O6Si2. The molecule has 0 fully saturated rings. The lowest BCUT2D eigenvalue weighted by atomic mass is 10.4. The molecular weight excluding hydrogens is 432 g/mol. The molecule has 8 nitrogen and oxygen atoms in total. The van der Waals surface area contributed by atoms with Crippen molar-refractivity contribution >= 4 is 17.6 Å². The van der Waals surface area contributed by atoms with Gasteiger partial charge in [0.15, 0.2) is 0 Å². The summed E-state index contributed by atoms with van der Waals surface area (Å²) in [5.41, 5.74) is 0. The van der Waals surface area contributed by atoms with Crippen LogP contribution in [0, 0.1) is 0 Å². The third kappa shape index (κ3) is 17.3. The molecule has 0 aromatic rings. The largest absolute Gasteiger partial charge is 0.500 e. The average Bonchev–Trinajstić information content (AvgIpc) is 2.78. The van der Waals surface area contributed by atoms with Gasteiger partial charge in [-0.1, -0.05) is 13.8 Å². The minimum absolute atomic E-state index is 0.661. The van der Waals surface area contributed by atoms with Crippen molar-refractivity contribution in [1.82, 2.24) is 10.6 Å². The van der Waals surface area contributed by atoms with Gasteiger partial charge in [0, 0.05) is 53.2 Å². The Morgan fingerprint density at radius 3 is 1.16 bits per heavy atom. The first-order valence-electron chi connectivity index (χ1n) is 12.0. The van der Waals surface area contributed by atoms with E-state index in [4.69, 9.17) is 26.6 Å². The van der Waals surface area contributed by atoms with Gasteiger partial charge in [-0.05, 0) is 72.6 Å². The van der Waals surface area contributed by atoms with Gasteiger partial charge in [-0.15, -0.1) is 0 Å². The van der Waals surface area contributed by atoms with E-state index in [0.717, 1.165) is 51.1 Å². The van der Waals surface area contributed by atoms with Crippen molar-refractivity contribution in [2.24, 2.45) is 0 Å². The smallest absolute Gasteiger partial charge is 0.377 e. The van der Waals surface area contributed by atoms with Crippen LogP contribution in [-0.4, -0.2) is 84.9 Å². The first-order chi connectivity index (χ1) is 15.0. The molecule has 10 heteroatoms. The van der Waals surface area contributed by atoms with E-state index >= 15 is 0 Å². The summed E-state index contributed by atoms with van der Waals surface area (Å²) in [6.45, 7) is 16.5. The van der Waals surface area contributed by atoms with Gasteiger partial charge in [-0.25, -0.2) is 0 Å². The maximum Gasteiger partial charge on any atom is 0.500 e. The molecule has 0 spiro atoms. The monoisotopic (exact) mass is 484 g/mol. The quantitative estimate of drug-likeness (QED) is 0.189. The van der Waals surface area contributed by atoms with Crippen molar-refractivity contribution in [2.45, 2.75) is 72.4 Å². The zero-order chi connectivity index (χ0) is 23.8. The van der Waals surface area contributed by atoms with Crippen molar-refractivity contribution in [2.75, 3.05) is 67.3 Å². The Hall–Kier alpha value is 0.114. The fraction of sp³-hybridized carbons (Fsp3) is 1.00. The van der Waals surface area contributed by atoms with E-state index in [1.54, 1.807) is 21.3 Å². The summed E-state index contributed by atoms with van der Waals surface area (Å²) in [5, 5.41) is 6.72. The molecule has 2 N–H and O–H groups in total. The third-order valence-corrected chi connectivity index (χ3v) is 10.5. The number of hydrogen-bond donors (Lipinski definition) is 2. The first-order valence-corrected chi connectivity index (χ1v) is 15.8. The Labute approximate surface area is 194 Å². The lowest BCUT2D eigenvalue weighted by Gasteiger charge is -2.28. The molecule has 0 heterocycles. The second kappa shape index (κ2) is 23.3. The van der Waals surface area contributed by atoms with Crippen LogP contribution < -0.4 is 10.6 Å². The molecule has 0 radical (unpaired) electrons. The van der Waals surface area contributed by atoms with Gasteiger partial charge in [0.1, 0.15) is 0 Å². The van der Waals surface area contributed by atoms with Crippen LogP contribution in [0.25, 0.3) is 0 Å².